The zero-order valence-corrected chi connectivity index (χ0v) is 13.0. The van der Waals surface area contributed by atoms with E-state index in [-0.39, 0.29) is 0 Å². The van der Waals surface area contributed by atoms with E-state index in [0.717, 1.165) is 49.9 Å². The summed E-state index contributed by atoms with van der Waals surface area (Å²) < 4.78 is 7.72. The first-order valence-electron chi connectivity index (χ1n) is 8.02. The van der Waals surface area contributed by atoms with Crippen LogP contribution >= 0.6 is 0 Å². The van der Waals surface area contributed by atoms with Crippen LogP contribution in [0.25, 0.3) is 11.0 Å². The van der Waals surface area contributed by atoms with Gasteiger partial charge in [-0.15, -0.1) is 0 Å². The van der Waals surface area contributed by atoms with E-state index in [2.05, 4.69) is 17.6 Å². The van der Waals surface area contributed by atoms with Gasteiger partial charge in [-0.1, -0.05) is 6.92 Å². The molecular formula is C17H25N3O. The van der Waals surface area contributed by atoms with Gasteiger partial charge in [0.15, 0.2) is 0 Å². The summed E-state index contributed by atoms with van der Waals surface area (Å²) in [7, 11) is 1.70. The van der Waals surface area contributed by atoms with Gasteiger partial charge in [0.25, 0.3) is 0 Å². The average Bonchev–Trinajstić information content (AvgIpc) is 2.86. The van der Waals surface area contributed by atoms with E-state index < -0.39 is 0 Å². The second-order valence-electron chi connectivity index (χ2n) is 6.09. The van der Waals surface area contributed by atoms with Crippen LogP contribution < -0.4 is 10.5 Å². The van der Waals surface area contributed by atoms with Crippen molar-refractivity contribution >= 4 is 11.0 Å². The molecule has 114 valence electrons. The lowest BCUT2D eigenvalue weighted by atomic mass is 9.86. The number of fused-ring (bicyclic) bond motifs is 1. The summed E-state index contributed by atoms with van der Waals surface area (Å²) in [6, 6.07) is 6.58. The minimum atomic E-state index is 0.380. The fraction of sp³-hybridized carbons (Fsp3) is 0.588. The van der Waals surface area contributed by atoms with Gasteiger partial charge < -0.3 is 15.0 Å². The molecule has 2 N–H and O–H groups in total. The van der Waals surface area contributed by atoms with Crippen LogP contribution in [0.2, 0.25) is 0 Å². The molecule has 0 spiro atoms. The molecule has 0 unspecified atom stereocenters. The highest BCUT2D eigenvalue weighted by atomic mass is 16.5. The Morgan fingerprint density at radius 2 is 2.05 bits per heavy atom. The zero-order chi connectivity index (χ0) is 14.8. The van der Waals surface area contributed by atoms with Crippen molar-refractivity contribution < 1.29 is 4.74 Å². The SMILES string of the molecule is CCCn1c(C2CCC(N)CC2)nc2cc(OC)ccc21. The van der Waals surface area contributed by atoms with Gasteiger partial charge in [-0.25, -0.2) is 4.98 Å². The Kier molecular flexibility index (Phi) is 4.15. The monoisotopic (exact) mass is 287 g/mol. The number of rotatable bonds is 4. The lowest BCUT2D eigenvalue weighted by molar-refractivity contribution is 0.376. The minimum absolute atomic E-state index is 0.380. The summed E-state index contributed by atoms with van der Waals surface area (Å²) in [4.78, 5) is 4.93. The number of methoxy groups -OCH3 is 1. The maximum Gasteiger partial charge on any atom is 0.121 e. The van der Waals surface area contributed by atoms with Crippen molar-refractivity contribution in [1.82, 2.24) is 9.55 Å². The molecule has 0 saturated heterocycles. The van der Waals surface area contributed by atoms with Crippen molar-refractivity contribution in [2.45, 2.75) is 57.5 Å². The Hall–Kier alpha value is -1.55. The van der Waals surface area contributed by atoms with E-state index >= 15 is 0 Å². The third-order valence-electron chi connectivity index (χ3n) is 4.57. The zero-order valence-electron chi connectivity index (χ0n) is 13.0. The Balaban J connectivity index is 2.01. The predicted molar refractivity (Wildman–Crippen MR) is 85.8 cm³/mol. The van der Waals surface area contributed by atoms with Gasteiger partial charge in [-0.05, 0) is 44.2 Å². The van der Waals surface area contributed by atoms with Gasteiger partial charge in [0.05, 0.1) is 18.1 Å². The fourth-order valence-corrected chi connectivity index (χ4v) is 3.40. The number of aromatic nitrogens is 2. The molecule has 0 bridgehead atoms. The fourth-order valence-electron chi connectivity index (χ4n) is 3.40. The second-order valence-corrected chi connectivity index (χ2v) is 6.09. The summed E-state index contributed by atoms with van der Waals surface area (Å²) in [5.41, 5.74) is 8.31. The van der Waals surface area contributed by atoms with Crippen LogP contribution in [-0.2, 0) is 6.54 Å². The molecule has 0 amide bonds. The van der Waals surface area contributed by atoms with Crippen molar-refractivity contribution in [3.8, 4) is 5.75 Å². The molecule has 3 rings (SSSR count). The third-order valence-corrected chi connectivity index (χ3v) is 4.57. The Bertz CT molecular complexity index is 612. The standard InChI is InChI=1S/C17H25N3O/c1-3-10-20-16-9-8-14(21-2)11-15(16)19-17(20)12-4-6-13(18)7-5-12/h8-9,11-13H,3-7,10,18H2,1-2H3. The van der Waals surface area contributed by atoms with Crippen LogP contribution in [0.1, 0.15) is 50.8 Å². The van der Waals surface area contributed by atoms with E-state index in [1.54, 1.807) is 7.11 Å². The lowest BCUT2D eigenvalue weighted by Gasteiger charge is -2.26. The van der Waals surface area contributed by atoms with Crippen LogP contribution in [0.4, 0.5) is 0 Å². The number of hydrogen-bond donors (Lipinski definition) is 1. The Morgan fingerprint density at radius 3 is 2.71 bits per heavy atom. The van der Waals surface area contributed by atoms with E-state index in [4.69, 9.17) is 15.5 Å². The summed E-state index contributed by atoms with van der Waals surface area (Å²) in [5.74, 6) is 2.67. The van der Waals surface area contributed by atoms with E-state index in [9.17, 15) is 0 Å². The first kappa shape index (κ1) is 14.4. The first-order valence-corrected chi connectivity index (χ1v) is 8.02. The summed E-state index contributed by atoms with van der Waals surface area (Å²) in [6.45, 7) is 3.25. The lowest BCUT2D eigenvalue weighted by Crippen LogP contribution is -2.26. The molecule has 4 heteroatoms. The predicted octanol–water partition coefficient (Wildman–Crippen LogP) is 3.44. The van der Waals surface area contributed by atoms with Gasteiger partial charge in [0.1, 0.15) is 11.6 Å². The van der Waals surface area contributed by atoms with Gasteiger partial charge >= 0.3 is 0 Å². The van der Waals surface area contributed by atoms with Gasteiger partial charge in [-0.3, -0.25) is 0 Å². The molecule has 1 aromatic carbocycles. The highest BCUT2D eigenvalue weighted by Crippen LogP contribution is 2.34. The molecule has 21 heavy (non-hydrogen) atoms. The number of nitrogens with zero attached hydrogens (tertiary/aromatic N) is 2. The molecule has 1 heterocycles. The van der Waals surface area contributed by atoms with Gasteiger partial charge in [0.2, 0.25) is 0 Å². The van der Waals surface area contributed by atoms with Crippen molar-refractivity contribution in [3.63, 3.8) is 0 Å². The molecule has 4 nitrogen and oxygen atoms in total. The first-order chi connectivity index (χ1) is 10.2. The number of imidazole rings is 1. The van der Waals surface area contributed by atoms with Crippen LogP contribution in [0.15, 0.2) is 18.2 Å². The molecular weight excluding hydrogens is 262 g/mol. The molecule has 1 aliphatic carbocycles. The highest BCUT2D eigenvalue weighted by Gasteiger charge is 2.25. The maximum absolute atomic E-state index is 6.04. The maximum atomic E-state index is 6.04. The Morgan fingerprint density at radius 1 is 1.29 bits per heavy atom. The summed E-state index contributed by atoms with van der Waals surface area (Å²) >= 11 is 0. The van der Waals surface area contributed by atoms with Gasteiger partial charge in [0, 0.05) is 24.6 Å². The van der Waals surface area contributed by atoms with Crippen LogP contribution in [0.5, 0.6) is 5.75 Å². The van der Waals surface area contributed by atoms with Crippen LogP contribution in [0, 0.1) is 0 Å². The van der Waals surface area contributed by atoms with Crippen molar-refractivity contribution in [3.05, 3.63) is 24.0 Å². The summed E-state index contributed by atoms with van der Waals surface area (Å²) in [6.07, 6.45) is 5.67. The molecule has 1 saturated carbocycles. The Labute approximate surface area is 126 Å². The summed E-state index contributed by atoms with van der Waals surface area (Å²) in [5, 5.41) is 0. The van der Waals surface area contributed by atoms with Gasteiger partial charge in [-0.2, -0.15) is 0 Å². The molecule has 2 aromatic rings. The number of ether oxygens (including phenoxy) is 1. The highest BCUT2D eigenvalue weighted by molar-refractivity contribution is 5.78. The van der Waals surface area contributed by atoms with E-state index in [1.807, 2.05) is 12.1 Å². The average molecular weight is 287 g/mol. The van der Waals surface area contributed by atoms with Crippen LogP contribution in [0.3, 0.4) is 0 Å². The largest absolute Gasteiger partial charge is 0.497 e. The molecule has 1 fully saturated rings. The topological polar surface area (TPSA) is 53.1 Å². The number of aryl methyl sites for hydroxylation is 1. The number of benzene rings is 1. The molecule has 0 aliphatic heterocycles. The van der Waals surface area contributed by atoms with Crippen molar-refractivity contribution in [2.24, 2.45) is 5.73 Å². The molecule has 0 radical (unpaired) electrons. The van der Waals surface area contributed by atoms with E-state index in [1.165, 1.54) is 11.3 Å². The molecule has 1 aliphatic rings. The number of hydrogen-bond acceptors (Lipinski definition) is 3. The normalized spacial score (nSPS) is 22.6. The number of nitrogens with two attached hydrogens (primary N) is 1. The quantitative estimate of drug-likeness (QED) is 0.937. The van der Waals surface area contributed by atoms with Crippen molar-refractivity contribution in [1.29, 1.82) is 0 Å². The molecule has 0 atom stereocenters. The molecule has 1 aromatic heterocycles. The van der Waals surface area contributed by atoms with E-state index in [0.29, 0.717) is 12.0 Å². The third kappa shape index (κ3) is 2.77. The second kappa shape index (κ2) is 6.06. The van der Waals surface area contributed by atoms with Crippen LogP contribution in [-0.4, -0.2) is 22.7 Å². The minimum Gasteiger partial charge on any atom is -0.497 e. The smallest absolute Gasteiger partial charge is 0.121 e. The van der Waals surface area contributed by atoms with Crippen molar-refractivity contribution in [2.75, 3.05) is 7.11 Å².